The van der Waals surface area contributed by atoms with Crippen LogP contribution in [-0.2, 0) is 6.42 Å². The molecule has 3 rings (SSSR count). The fourth-order valence-electron chi connectivity index (χ4n) is 2.39. The molecule has 0 bridgehead atoms. The van der Waals surface area contributed by atoms with Crippen LogP contribution in [0.15, 0.2) is 55.0 Å². The van der Waals surface area contributed by atoms with Crippen LogP contribution in [0.3, 0.4) is 0 Å². The lowest BCUT2D eigenvalue weighted by atomic mass is 10.2. The van der Waals surface area contributed by atoms with E-state index in [-0.39, 0.29) is 0 Å². The molecule has 3 aromatic rings. The second kappa shape index (κ2) is 5.79. The highest BCUT2D eigenvalue weighted by atomic mass is 16.5. The van der Waals surface area contributed by atoms with Crippen LogP contribution in [0.4, 0.5) is 0 Å². The van der Waals surface area contributed by atoms with E-state index in [9.17, 15) is 0 Å². The van der Waals surface area contributed by atoms with Gasteiger partial charge in [0.15, 0.2) is 0 Å². The Morgan fingerprint density at radius 1 is 1.05 bits per heavy atom. The van der Waals surface area contributed by atoms with Crippen LogP contribution in [0.5, 0.6) is 5.75 Å². The SMILES string of the molecule is CCc1ncc(-c2ccncc2)n1-c1ccc(OC)cc1. The molecule has 0 unspecified atom stereocenters. The van der Waals surface area contributed by atoms with Gasteiger partial charge in [0.1, 0.15) is 11.6 Å². The number of imidazole rings is 1. The molecule has 4 heteroatoms. The minimum Gasteiger partial charge on any atom is -0.497 e. The number of hydrogen-bond acceptors (Lipinski definition) is 3. The van der Waals surface area contributed by atoms with Crippen LogP contribution in [0, 0.1) is 0 Å². The number of aromatic nitrogens is 3. The first-order valence-electron chi connectivity index (χ1n) is 6.95. The van der Waals surface area contributed by atoms with Crippen LogP contribution < -0.4 is 4.74 Å². The molecule has 1 aromatic carbocycles. The van der Waals surface area contributed by atoms with Gasteiger partial charge in [-0.2, -0.15) is 0 Å². The van der Waals surface area contributed by atoms with Gasteiger partial charge in [-0.1, -0.05) is 6.92 Å². The van der Waals surface area contributed by atoms with E-state index >= 15 is 0 Å². The van der Waals surface area contributed by atoms with Crippen molar-refractivity contribution >= 4 is 0 Å². The molecule has 106 valence electrons. The Balaban J connectivity index is 2.13. The second-order valence-corrected chi connectivity index (χ2v) is 4.68. The summed E-state index contributed by atoms with van der Waals surface area (Å²) in [5.74, 6) is 1.88. The Morgan fingerprint density at radius 3 is 2.38 bits per heavy atom. The van der Waals surface area contributed by atoms with Crippen molar-refractivity contribution in [2.75, 3.05) is 7.11 Å². The first kappa shape index (κ1) is 13.4. The summed E-state index contributed by atoms with van der Waals surface area (Å²) in [6, 6.07) is 12.0. The molecule has 21 heavy (non-hydrogen) atoms. The molecule has 0 saturated carbocycles. The van der Waals surface area contributed by atoms with Crippen molar-refractivity contribution in [3.8, 4) is 22.7 Å². The average Bonchev–Trinajstić information content (AvgIpc) is 2.99. The highest BCUT2D eigenvalue weighted by Gasteiger charge is 2.12. The topological polar surface area (TPSA) is 39.9 Å². The van der Waals surface area contributed by atoms with Crippen molar-refractivity contribution in [1.82, 2.24) is 14.5 Å². The monoisotopic (exact) mass is 279 g/mol. The number of methoxy groups -OCH3 is 1. The third kappa shape index (κ3) is 2.52. The number of pyridine rings is 1. The Kier molecular flexibility index (Phi) is 3.69. The number of ether oxygens (including phenoxy) is 1. The fourth-order valence-corrected chi connectivity index (χ4v) is 2.39. The highest BCUT2D eigenvalue weighted by Crippen LogP contribution is 2.26. The standard InChI is InChI=1S/C17H17N3O/c1-3-17-19-12-16(13-8-10-18-11-9-13)20(17)14-4-6-15(21-2)7-5-14/h4-12H,3H2,1-2H3. The molecule has 0 N–H and O–H groups in total. The summed E-state index contributed by atoms with van der Waals surface area (Å²) in [6.45, 7) is 2.11. The maximum absolute atomic E-state index is 5.22. The zero-order chi connectivity index (χ0) is 14.7. The molecular weight excluding hydrogens is 262 g/mol. The van der Waals surface area contributed by atoms with Crippen LogP contribution in [0.25, 0.3) is 16.9 Å². The van der Waals surface area contributed by atoms with E-state index in [0.717, 1.165) is 34.9 Å². The number of rotatable bonds is 4. The van der Waals surface area contributed by atoms with E-state index in [0.29, 0.717) is 0 Å². The van der Waals surface area contributed by atoms with Crippen molar-refractivity contribution in [1.29, 1.82) is 0 Å². The Labute approximate surface area is 124 Å². The molecule has 0 atom stereocenters. The van der Waals surface area contributed by atoms with Gasteiger partial charge in [0.2, 0.25) is 0 Å². The van der Waals surface area contributed by atoms with Gasteiger partial charge >= 0.3 is 0 Å². The minimum atomic E-state index is 0.849. The van der Waals surface area contributed by atoms with Crippen LogP contribution in [-0.4, -0.2) is 21.6 Å². The summed E-state index contributed by atoms with van der Waals surface area (Å²) in [4.78, 5) is 8.62. The fraction of sp³-hybridized carbons (Fsp3) is 0.176. The van der Waals surface area contributed by atoms with E-state index < -0.39 is 0 Å². The predicted molar refractivity (Wildman–Crippen MR) is 82.7 cm³/mol. The van der Waals surface area contributed by atoms with Crippen LogP contribution >= 0.6 is 0 Å². The van der Waals surface area contributed by atoms with Crippen molar-refractivity contribution in [3.63, 3.8) is 0 Å². The van der Waals surface area contributed by atoms with Gasteiger partial charge in [-0.15, -0.1) is 0 Å². The molecule has 2 heterocycles. The predicted octanol–water partition coefficient (Wildman–Crippen LogP) is 3.51. The summed E-state index contributed by atoms with van der Waals surface area (Å²) in [7, 11) is 1.67. The molecule has 0 spiro atoms. The van der Waals surface area contributed by atoms with Crippen molar-refractivity contribution in [3.05, 3.63) is 60.8 Å². The first-order chi connectivity index (χ1) is 10.3. The van der Waals surface area contributed by atoms with Gasteiger partial charge in [-0.3, -0.25) is 9.55 Å². The van der Waals surface area contributed by atoms with Gasteiger partial charge in [0, 0.05) is 30.1 Å². The highest BCUT2D eigenvalue weighted by molar-refractivity contribution is 5.62. The third-order valence-electron chi connectivity index (χ3n) is 3.46. The molecule has 0 aliphatic heterocycles. The molecule has 0 saturated heterocycles. The van der Waals surface area contributed by atoms with E-state index in [2.05, 4.69) is 21.5 Å². The van der Waals surface area contributed by atoms with E-state index in [1.807, 2.05) is 42.6 Å². The van der Waals surface area contributed by atoms with E-state index in [1.165, 1.54) is 0 Å². The van der Waals surface area contributed by atoms with Crippen LogP contribution in [0.2, 0.25) is 0 Å². The van der Waals surface area contributed by atoms with Gasteiger partial charge in [-0.25, -0.2) is 4.98 Å². The Morgan fingerprint density at radius 2 is 1.76 bits per heavy atom. The molecule has 0 aliphatic carbocycles. The maximum atomic E-state index is 5.22. The smallest absolute Gasteiger partial charge is 0.119 e. The minimum absolute atomic E-state index is 0.849. The second-order valence-electron chi connectivity index (χ2n) is 4.68. The summed E-state index contributed by atoms with van der Waals surface area (Å²) < 4.78 is 7.40. The number of hydrogen-bond donors (Lipinski definition) is 0. The Hall–Kier alpha value is -2.62. The average molecular weight is 279 g/mol. The summed E-state index contributed by atoms with van der Waals surface area (Å²) >= 11 is 0. The van der Waals surface area contributed by atoms with Crippen molar-refractivity contribution in [2.24, 2.45) is 0 Å². The number of nitrogens with zero attached hydrogens (tertiary/aromatic N) is 3. The molecule has 0 amide bonds. The van der Waals surface area contributed by atoms with Crippen molar-refractivity contribution < 1.29 is 4.74 Å². The number of aryl methyl sites for hydroxylation is 1. The zero-order valence-corrected chi connectivity index (χ0v) is 12.2. The van der Waals surface area contributed by atoms with E-state index in [1.54, 1.807) is 19.5 Å². The lowest BCUT2D eigenvalue weighted by Crippen LogP contribution is -2.02. The summed E-state index contributed by atoms with van der Waals surface area (Å²) in [6.07, 6.45) is 6.38. The van der Waals surface area contributed by atoms with Gasteiger partial charge in [0.25, 0.3) is 0 Å². The van der Waals surface area contributed by atoms with Gasteiger partial charge < -0.3 is 4.74 Å². The van der Waals surface area contributed by atoms with Crippen LogP contribution in [0.1, 0.15) is 12.7 Å². The molecule has 4 nitrogen and oxygen atoms in total. The lowest BCUT2D eigenvalue weighted by molar-refractivity contribution is 0.414. The number of benzene rings is 1. The summed E-state index contributed by atoms with van der Waals surface area (Å²) in [5, 5.41) is 0. The normalized spacial score (nSPS) is 10.6. The van der Waals surface area contributed by atoms with Crippen molar-refractivity contribution in [2.45, 2.75) is 13.3 Å². The zero-order valence-electron chi connectivity index (χ0n) is 12.2. The largest absolute Gasteiger partial charge is 0.497 e. The third-order valence-corrected chi connectivity index (χ3v) is 3.46. The first-order valence-corrected chi connectivity index (χ1v) is 6.95. The Bertz CT molecular complexity index is 718. The molecule has 0 aliphatic rings. The molecule has 2 aromatic heterocycles. The summed E-state index contributed by atoms with van der Waals surface area (Å²) in [5.41, 5.74) is 3.25. The molecular formula is C17H17N3O. The quantitative estimate of drug-likeness (QED) is 0.733. The molecule has 0 radical (unpaired) electrons. The molecule has 0 fully saturated rings. The maximum Gasteiger partial charge on any atom is 0.119 e. The lowest BCUT2D eigenvalue weighted by Gasteiger charge is -2.12. The van der Waals surface area contributed by atoms with E-state index in [4.69, 9.17) is 4.74 Å². The van der Waals surface area contributed by atoms with Gasteiger partial charge in [-0.05, 0) is 36.4 Å². The van der Waals surface area contributed by atoms with Gasteiger partial charge in [0.05, 0.1) is 19.0 Å².